The van der Waals surface area contributed by atoms with Crippen LogP contribution in [0.2, 0.25) is 0 Å². The maximum Gasteiger partial charge on any atom is 0.305 e. The van der Waals surface area contributed by atoms with Crippen molar-refractivity contribution in [1.29, 1.82) is 0 Å². The molecule has 0 aromatic carbocycles. The van der Waals surface area contributed by atoms with Crippen LogP contribution in [0.15, 0.2) is 0 Å². The van der Waals surface area contributed by atoms with Gasteiger partial charge in [-0.05, 0) is 18.9 Å². The third-order valence-corrected chi connectivity index (χ3v) is 3.07. The van der Waals surface area contributed by atoms with E-state index in [9.17, 15) is 9.59 Å². The van der Waals surface area contributed by atoms with Crippen molar-refractivity contribution in [3.05, 3.63) is 0 Å². The second-order valence-corrected chi connectivity index (χ2v) is 4.30. The number of hydrogen-bond donors (Lipinski definition) is 0. The molecule has 0 bridgehead atoms. The van der Waals surface area contributed by atoms with Crippen LogP contribution in [0.3, 0.4) is 0 Å². The van der Waals surface area contributed by atoms with Crippen LogP contribution in [-0.4, -0.2) is 51.2 Å². The highest BCUT2D eigenvalue weighted by Crippen LogP contribution is 2.28. The molecule has 0 saturated carbocycles. The van der Waals surface area contributed by atoms with Gasteiger partial charge in [0.15, 0.2) is 0 Å². The highest BCUT2D eigenvalue weighted by atomic mass is 16.5. The molecule has 0 aromatic rings. The summed E-state index contributed by atoms with van der Waals surface area (Å²) < 4.78 is 9.31. The van der Waals surface area contributed by atoms with Crippen LogP contribution in [0.25, 0.3) is 0 Å². The van der Waals surface area contributed by atoms with Crippen LogP contribution in [0.1, 0.15) is 12.8 Å². The Labute approximate surface area is 95.7 Å². The van der Waals surface area contributed by atoms with Gasteiger partial charge in [0.2, 0.25) is 0 Å². The Balaban J connectivity index is 2.52. The summed E-state index contributed by atoms with van der Waals surface area (Å²) in [5.74, 6) is -0.0431. The van der Waals surface area contributed by atoms with Crippen LogP contribution in [0, 0.1) is 11.8 Å². The second-order valence-electron chi connectivity index (χ2n) is 4.30. The first-order valence-corrected chi connectivity index (χ1v) is 5.39. The summed E-state index contributed by atoms with van der Waals surface area (Å²) in [6, 6.07) is 0. The van der Waals surface area contributed by atoms with E-state index in [0.717, 1.165) is 13.1 Å². The molecule has 1 aliphatic rings. The molecule has 1 saturated heterocycles. The molecule has 92 valence electrons. The van der Waals surface area contributed by atoms with Crippen molar-refractivity contribution in [1.82, 2.24) is 4.90 Å². The predicted molar refractivity (Wildman–Crippen MR) is 57.7 cm³/mol. The van der Waals surface area contributed by atoms with Gasteiger partial charge < -0.3 is 14.4 Å². The van der Waals surface area contributed by atoms with E-state index < -0.39 is 0 Å². The number of esters is 2. The van der Waals surface area contributed by atoms with Gasteiger partial charge in [-0.2, -0.15) is 0 Å². The summed E-state index contributed by atoms with van der Waals surface area (Å²) >= 11 is 0. The zero-order valence-electron chi connectivity index (χ0n) is 10.1. The van der Waals surface area contributed by atoms with E-state index in [2.05, 4.69) is 14.4 Å². The first-order valence-electron chi connectivity index (χ1n) is 5.39. The number of methoxy groups -OCH3 is 2. The zero-order chi connectivity index (χ0) is 12.1. The second kappa shape index (κ2) is 5.84. The quantitative estimate of drug-likeness (QED) is 0.649. The fourth-order valence-electron chi connectivity index (χ4n) is 2.23. The molecule has 16 heavy (non-hydrogen) atoms. The average molecular weight is 229 g/mol. The molecule has 1 heterocycles. The fraction of sp³-hybridized carbons (Fsp3) is 0.818. The van der Waals surface area contributed by atoms with Crippen LogP contribution in [0.4, 0.5) is 0 Å². The predicted octanol–water partition coefficient (Wildman–Crippen LogP) is 0.290. The molecule has 0 spiro atoms. The lowest BCUT2D eigenvalue weighted by Gasteiger charge is -2.15. The summed E-state index contributed by atoms with van der Waals surface area (Å²) in [5.41, 5.74) is 0. The highest BCUT2D eigenvalue weighted by molar-refractivity contribution is 5.71. The molecule has 1 aliphatic heterocycles. The Bertz CT molecular complexity index is 241. The summed E-state index contributed by atoms with van der Waals surface area (Å²) in [5, 5.41) is 0. The molecule has 0 aliphatic carbocycles. The number of carbonyl (C=O) groups excluding carboxylic acids is 2. The molecular formula is C11H19NO4. The molecule has 1 rings (SSSR count). The lowest BCUT2D eigenvalue weighted by molar-refractivity contribution is -0.144. The maximum absolute atomic E-state index is 11.2. The number of nitrogens with zero attached hydrogens (tertiary/aromatic N) is 1. The number of rotatable bonds is 4. The highest BCUT2D eigenvalue weighted by Gasteiger charge is 2.34. The molecule has 2 atom stereocenters. The Hall–Kier alpha value is -1.10. The van der Waals surface area contributed by atoms with Crippen LogP contribution >= 0.6 is 0 Å². The third kappa shape index (κ3) is 3.48. The molecule has 1 fully saturated rings. The van der Waals surface area contributed by atoms with E-state index in [4.69, 9.17) is 0 Å². The van der Waals surface area contributed by atoms with Gasteiger partial charge in [-0.25, -0.2) is 0 Å². The largest absolute Gasteiger partial charge is 0.469 e. The average Bonchev–Trinajstić information content (AvgIpc) is 2.58. The molecule has 0 N–H and O–H groups in total. The first-order chi connectivity index (χ1) is 7.56. The van der Waals surface area contributed by atoms with Crippen LogP contribution in [-0.2, 0) is 19.1 Å². The van der Waals surface area contributed by atoms with E-state index in [1.807, 2.05) is 7.05 Å². The van der Waals surface area contributed by atoms with Gasteiger partial charge in [0.05, 0.1) is 14.2 Å². The Morgan fingerprint density at radius 1 is 1.06 bits per heavy atom. The molecule has 0 aromatic heterocycles. The standard InChI is InChI=1S/C11H19NO4/c1-12-6-8(4-10(13)15-2)9(7-12)5-11(14)16-3/h8-9H,4-7H2,1-3H3. The third-order valence-electron chi connectivity index (χ3n) is 3.07. The molecule has 2 unspecified atom stereocenters. The lowest BCUT2D eigenvalue weighted by atomic mass is 9.90. The van der Waals surface area contributed by atoms with Gasteiger partial charge in [-0.3, -0.25) is 9.59 Å². The summed E-state index contributed by atoms with van der Waals surface area (Å²) in [4.78, 5) is 24.6. The minimum Gasteiger partial charge on any atom is -0.469 e. The van der Waals surface area contributed by atoms with Crippen molar-refractivity contribution in [2.24, 2.45) is 11.8 Å². The summed E-state index contributed by atoms with van der Waals surface area (Å²) in [6.07, 6.45) is 0.755. The van der Waals surface area contributed by atoms with E-state index in [-0.39, 0.29) is 23.8 Å². The summed E-state index contributed by atoms with van der Waals surface area (Å²) in [6.45, 7) is 1.66. The summed E-state index contributed by atoms with van der Waals surface area (Å²) in [7, 11) is 4.76. The normalized spacial score (nSPS) is 25.4. The first kappa shape index (κ1) is 13.0. The van der Waals surface area contributed by atoms with E-state index in [0.29, 0.717) is 12.8 Å². The number of ether oxygens (including phenoxy) is 2. The fourth-order valence-corrected chi connectivity index (χ4v) is 2.23. The molecule has 5 nitrogen and oxygen atoms in total. The smallest absolute Gasteiger partial charge is 0.305 e. The van der Waals surface area contributed by atoms with E-state index in [1.165, 1.54) is 14.2 Å². The van der Waals surface area contributed by atoms with Crippen molar-refractivity contribution in [3.8, 4) is 0 Å². The van der Waals surface area contributed by atoms with Gasteiger partial charge in [-0.1, -0.05) is 0 Å². The van der Waals surface area contributed by atoms with E-state index in [1.54, 1.807) is 0 Å². The Kier molecular flexibility index (Phi) is 4.73. The molecular weight excluding hydrogens is 210 g/mol. The number of likely N-dealkylation sites (tertiary alicyclic amines) is 1. The van der Waals surface area contributed by atoms with Gasteiger partial charge >= 0.3 is 11.9 Å². The minimum absolute atomic E-state index is 0.191. The maximum atomic E-state index is 11.2. The van der Waals surface area contributed by atoms with Crippen molar-refractivity contribution in [2.45, 2.75) is 12.8 Å². The van der Waals surface area contributed by atoms with Crippen LogP contribution < -0.4 is 0 Å². The van der Waals surface area contributed by atoms with E-state index >= 15 is 0 Å². The zero-order valence-corrected chi connectivity index (χ0v) is 10.1. The Morgan fingerprint density at radius 3 is 1.75 bits per heavy atom. The molecule has 0 radical (unpaired) electrons. The van der Waals surface area contributed by atoms with Gasteiger partial charge in [0, 0.05) is 25.9 Å². The van der Waals surface area contributed by atoms with Gasteiger partial charge in [-0.15, -0.1) is 0 Å². The van der Waals surface area contributed by atoms with Crippen molar-refractivity contribution >= 4 is 11.9 Å². The monoisotopic (exact) mass is 229 g/mol. The number of hydrogen-bond acceptors (Lipinski definition) is 5. The van der Waals surface area contributed by atoms with Gasteiger partial charge in [0.25, 0.3) is 0 Å². The SMILES string of the molecule is COC(=O)CC1CN(C)CC1CC(=O)OC. The molecule has 5 heteroatoms. The Morgan fingerprint density at radius 2 is 1.44 bits per heavy atom. The van der Waals surface area contributed by atoms with Crippen LogP contribution in [0.5, 0.6) is 0 Å². The van der Waals surface area contributed by atoms with Crippen molar-refractivity contribution in [2.75, 3.05) is 34.4 Å². The van der Waals surface area contributed by atoms with Crippen molar-refractivity contribution in [3.63, 3.8) is 0 Å². The minimum atomic E-state index is -0.213. The van der Waals surface area contributed by atoms with Gasteiger partial charge in [0.1, 0.15) is 0 Å². The lowest BCUT2D eigenvalue weighted by Crippen LogP contribution is -2.20. The number of carbonyl (C=O) groups is 2. The topological polar surface area (TPSA) is 55.8 Å². The molecule has 0 amide bonds. The van der Waals surface area contributed by atoms with Crippen molar-refractivity contribution < 1.29 is 19.1 Å².